The van der Waals surface area contributed by atoms with Crippen LogP contribution < -0.4 is 0 Å². The van der Waals surface area contributed by atoms with Gasteiger partial charge in [-0.1, -0.05) is 27.7 Å². The zero-order valence-electron chi connectivity index (χ0n) is 14.3. The molecule has 0 spiro atoms. The summed E-state index contributed by atoms with van der Waals surface area (Å²) in [5, 5.41) is 0. The van der Waals surface area contributed by atoms with E-state index in [2.05, 4.69) is 0 Å². The molecule has 0 aliphatic heterocycles. The van der Waals surface area contributed by atoms with E-state index >= 15 is 4.39 Å². The fraction of sp³-hybridized carbons (Fsp3) is 1.00. The van der Waals surface area contributed by atoms with Gasteiger partial charge >= 0.3 is 12.1 Å². The highest BCUT2D eigenvalue weighted by molar-refractivity contribution is 4.98. The summed E-state index contributed by atoms with van der Waals surface area (Å²) in [6, 6.07) is 0. The fourth-order valence-corrected chi connectivity index (χ4v) is 2.67. The molecule has 0 rings (SSSR count). The van der Waals surface area contributed by atoms with Gasteiger partial charge in [0, 0.05) is 26.2 Å². The highest BCUT2D eigenvalue weighted by Gasteiger charge is 2.75. The van der Waals surface area contributed by atoms with Crippen molar-refractivity contribution in [2.75, 3.05) is 26.2 Å². The van der Waals surface area contributed by atoms with Gasteiger partial charge in [-0.3, -0.25) is 9.80 Å². The molecule has 23 heavy (non-hydrogen) atoms. The zero-order chi connectivity index (χ0) is 18.3. The molecule has 2 nitrogen and oxygen atoms in total. The van der Waals surface area contributed by atoms with Crippen molar-refractivity contribution in [3.8, 4) is 0 Å². The molecule has 0 aromatic heterocycles. The minimum absolute atomic E-state index is 0.167. The van der Waals surface area contributed by atoms with Gasteiger partial charge in [-0.2, -0.15) is 22.0 Å². The predicted molar refractivity (Wildman–Crippen MR) is 79.2 cm³/mol. The molecule has 0 radical (unpaired) electrons. The quantitative estimate of drug-likeness (QED) is 0.292. The standard InChI is InChI=1S/C15H28F6N2/c1-5-9-22(10-6-2)15(21,13(16,17)14(18,19)20)23(11-7-3)12-8-4/h5-12H2,1-4H3. The summed E-state index contributed by atoms with van der Waals surface area (Å²) in [5.41, 5.74) is 0. The number of alkyl halides is 6. The Morgan fingerprint density at radius 2 is 0.826 bits per heavy atom. The molecular formula is C15H28F6N2. The smallest absolute Gasteiger partial charge is 0.253 e. The molecule has 0 aliphatic carbocycles. The van der Waals surface area contributed by atoms with Crippen LogP contribution >= 0.6 is 0 Å². The molecule has 0 heterocycles. The van der Waals surface area contributed by atoms with E-state index in [-0.39, 0.29) is 51.9 Å². The van der Waals surface area contributed by atoms with Crippen molar-refractivity contribution in [2.24, 2.45) is 0 Å². The summed E-state index contributed by atoms with van der Waals surface area (Å²) in [5.74, 6) is -9.35. The first kappa shape index (κ1) is 22.5. The van der Waals surface area contributed by atoms with Crippen LogP contribution in [0.15, 0.2) is 0 Å². The minimum atomic E-state index is -5.96. The number of halogens is 6. The molecule has 8 heteroatoms. The van der Waals surface area contributed by atoms with Crippen LogP contribution in [0.1, 0.15) is 53.4 Å². The summed E-state index contributed by atoms with van der Waals surface area (Å²) >= 11 is 0. The Morgan fingerprint density at radius 3 is 1.00 bits per heavy atom. The average Bonchev–Trinajstić information content (AvgIpc) is 2.44. The van der Waals surface area contributed by atoms with Gasteiger partial charge in [0.1, 0.15) is 0 Å². The summed E-state index contributed by atoms with van der Waals surface area (Å²) in [4.78, 5) is 1.29. The van der Waals surface area contributed by atoms with E-state index in [1.165, 1.54) is 0 Å². The lowest BCUT2D eigenvalue weighted by molar-refractivity contribution is -0.388. The van der Waals surface area contributed by atoms with Gasteiger partial charge in [0.25, 0.3) is 5.92 Å². The third kappa shape index (κ3) is 4.75. The van der Waals surface area contributed by atoms with Crippen LogP contribution in [0.25, 0.3) is 0 Å². The van der Waals surface area contributed by atoms with Crippen molar-refractivity contribution in [1.82, 2.24) is 9.80 Å². The monoisotopic (exact) mass is 350 g/mol. The second-order valence-electron chi connectivity index (χ2n) is 5.63. The van der Waals surface area contributed by atoms with Crippen molar-refractivity contribution >= 4 is 0 Å². The molecule has 0 amide bonds. The molecule has 0 bridgehead atoms. The van der Waals surface area contributed by atoms with E-state index in [1.807, 2.05) is 0 Å². The normalized spacial score (nSPS) is 14.1. The van der Waals surface area contributed by atoms with E-state index < -0.39 is 18.0 Å². The molecule has 0 aromatic rings. The third-order valence-electron chi connectivity index (χ3n) is 3.57. The summed E-state index contributed by atoms with van der Waals surface area (Å²) < 4.78 is 82.8. The lowest BCUT2D eigenvalue weighted by Gasteiger charge is -2.48. The Morgan fingerprint density at radius 1 is 0.565 bits per heavy atom. The van der Waals surface area contributed by atoms with Crippen molar-refractivity contribution < 1.29 is 26.3 Å². The molecule has 0 atom stereocenters. The largest absolute Gasteiger partial charge is 0.459 e. The van der Waals surface area contributed by atoms with E-state index in [4.69, 9.17) is 0 Å². The Labute approximate surface area is 134 Å². The van der Waals surface area contributed by atoms with Gasteiger partial charge in [0.05, 0.1) is 0 Å². The lowest BCUT2D eigenvalue weighted by atomic mass is 10.1. The van der Waals surface area contributed by atoms with Gasteiger partial charge in [-0.05, 0) is 25.7 Å². The highest BCUT2D eigenvalue weighted by atomic mass is 19.4. The third-order valence-corrected chi connectivity index (χ3v) is 3.57. The van der Waals surface area contributed by atoms with Crippen molar-refractivity contribution in [1.29, 1.82) is 0 Å². The summed E-state index contributed by atoms with van der Waals surface area (Å²) in [6.07, 6.45) is -4.82. The molecule has 0 fully saturated rings. The Kier molecular flexibility index (Phi) is 8.91. The number of rotatable bonds is 11. The lowest BCUT2D eigenvalue weighted by Crippen LogP contribution is -2.71. The number of hydrogen-bond donors (Lipinski definition) is 0. The van der Waals surface area contributed by atoms with Crippen LogP contribution in [-0.2, 0) is 0 Å². The molecule has 0 aromatic carbocycles. The number of nitrogens with zero attached hydrogens (tertiary/aromatic N) is 2. The molecule has 0 aliphatic rings. The minimum Gasteiger partial charge on any atom is -0.253 e. The molecule has 0 saturated heterocycles. The van der Waals surface area contributed by atoms with Crippen molar-refractivity contribution in [3.05, 3.63) is 0 Å². The summed E-state index contributed by atoms with van der Waals surface area (Å²) in [6.45, 7) is 5.83. The maximum Gasteiger partial charge on any atom is 0.459 e. The molecule has 0 N–H and O–H groups in total. The zero-order valence-corrected chi connectivity index (χ0v) is 14.3. The van der Waals surface area contributed by atoms with Crippen molar-refractivity contribution in [2.45, 2.75) is 71.4 Å². The second kappa shape index (κ2) is 9.11. The molecular weight excluding hydrogens is 322 g/mol. The first-order chi connectivity index (χ1) is 10.5. The topological polar surface area (TPSA) is 6.48 Å². The van der Waals surface area contributed by atoms with E-state index in [9.17, 15) is 22.0 Å². The first-order valence-electron chi connectivity index (χ1n) is 8.17. The maximum absolute atomic E-state index is 15.5. The van der Waals surface area contributed by atoms with Crippen LogP contribution in [0.2, 0.25) is 0 Å². The van der Waals surface area contributed by atoms with E-state index in [0.29, 0.717) is 9.80 Å². The van der Waals surface area contributed by atoms with Crippen LogP contribution in [0.4, 0.5) is 26.3 Å². The van der Waals surface area contributed by atoms with Crippen LogP contribution in [-0.4, -0.2) is 54.0 Å². The Bertz CT molecular complexity index is 304. The highest BCUT2D eigenvalue weighted by Crippen LogP contribution is 2.49. The maximum atomic E-state index is 15.5. The SMILES string of the molecule is CCCN(CCC)C(F)(N(CCC)CCC)C(F)(F)C(F)(F)F. The Hall–Kier alpha value is -0.500. The van der Waals surface area contributed by atoms with E-state index in [0.717, 1.165) is 0 Å². The Balaban J connectivity index is 6.10. The molecule has 140 valence electrons. The average molecular weight is 350 g/mol. The van der Waals surface area contributed by atoms with Crippen molar-refractivity contribution in [3.63, 3.8) is 0 Å². The van der Waals surface area contributed by atoms with Crippen LogP contribution in [0.5, 0.6) is 0 Å². The fourth-order valence-electron chi connectivity index (χ4n) is 2.67. The molecule has 0 unspecified atom stereocenters. The predicted octanol–water partition coefficient (Wildman–Crippen LogP) is 5.05. The van der Waals surface area contributed by atoms with Crippen LogP contribution in [0, 0.1) is 0 Å². The molecule has 0 saturated carbocycles. The van der Waals surface area contributed by atoms with Gasteiger partial charge < -0.3 is 0 Å². The second-order valence-corrected chi connectivity index (χ2v) is 5.63. The van der Waals surface area contributed by atoms with Gasteiger partial charge in [-0.15, -0.1) is 0 Å². The van der Waals surface area contributed by atoms with Gasteiger partial charge in [0.2, 0.25) is 0 Å². The number of hydrogen-bond acceptors (Lipinski definition) is 2. The first-order valence-corrected chi connectivity index (χ1v) is 8.17. The summed E-state index contributed by atoms with van der Waals surface area (Å²) in [7, 11) is 0. The van der Waals surface area contributed by atoms with Crippen LogP contribution in [0.3, 0.4) is 0 Å². The van der Waals surface area contributed by atoms with E-state index in [1.54, 1.807) is 27.7 Å². The van der Waals surface area contributed by atoms with Gasteiger partial charge in [0.15, 0.2) is 0 Å². The van der Waals surface area contributed by atoms with Gasteiger partial charge in [-0.25, -0.2) is 4.39 Å².